The largest absolute Gasteiger partial charge is 0.370 e. The van der Waals surface area contributed by atoms with E-state index in [0.29, 0.717) is 6.54 Å². The monoisotopic (exact) mass is 193 g/mol. The first-order chi connectivity index (χ1) is 6.90. The molecule has 0 radical (unpaired) electrons. The highest BCUT2D eigenvalue weighted by molar-refractivity contribution is 5.07. The number of nitrogens with two attached hydrogens (primary N) is 1. The second kappa shape index (κ2) is 4.48. The number of nitrogens with zero attached hydrogens (tertiary/aromatic N) is 2. The van der Waals surface area contributed by atoms with E-state index in [-0.39, 0.29) is 6.10 Å². The molecule has 1 aromatic heterocycles. The van der Waals surface area contributed by atoms with Crippen molar-refractivity contribution in [1.29, 1.82) is 0 Å². The quantitative estimate of drug-likeness (QED) is 0.772. The van der Waals surface area contributed by atoms with Crippen LogP contribution in [0.1, 0.15) is 30.3 Å². The van der Waals surface area contributed by atoms with Gasteiger partial charge in [0.05, 0.1) is 0 Å². The molecule has 2 heterocycles. The Morgan fingerprint density at radius 3 is 2.79 bits per heavy atom. The van der Waals surface area contributed by atoms with Crippen LogP contribution in [0.4, 0.5) is 0 Å². The molecule has 1 unspecified atom stereocenters. The average molecular weight is 193 g/mol. The molecule has 0 spiro atoms. The van der Waals surface area contributed by atoms with Gasteiger partial charge in [-0.2, -0.15) is 0 Å². The van der Waals surface area contributed by atoms with Crippen molar-refractivity contribution in [3.63, 3.8) is 0 Å². The minimum absolute atomic E-state index is 0.113. The van der Waals surface area contributed by atoms with Crippen LogP contribution in [0.25, 0.3) is 0 Å². The van der Waals surface area contributed by atoms with Gasteiger partial charge in [0.15, 0.2) is 5.82 Å². The highest BCUT2D eigenvalue weighted by atomic mass is 16.5. The van der Waals surface area contributed by atoms with Crippen molar-refractivity contribution in [2.24, 2.45) is 5.73 Å². The van der Waals surface area contributed by atoms with Crippen molar-refractivity contribution < 1.29 is 4.74 Å². The first-order valence-electron chi connectivity index (χ1n) is 5.02. The minimum Gasteiger partial charge on any atom is -0.370 e. The lowest BCUT2D eigenvalue weighted by molar-refractivity contribution is 0.105. The molecule has 0 bridgehead atoms. The van der Waals surface area contributed by atoms with Crippen molar-refractivity contribution in [2.45, 2.75) is 25.4 Å². The lowest BCUT2D eigenvalue weighted by Crippen LogP contribution is -2.06. The first kappa shape index (κ1) is 9.55. The summed E-state index contributed by atoms with van der Waals surface area (Å²) in [6, 6.07) is 0. The molecular weight excluding hydrogens is 178 g/mol. The second-order valence-electron chi connectivity index (χ2n) is 3.49. The van der Waals surface area contributed by atoms with Gasteiger partial charge in [-0.3, -0.25) is 0 Å². The molecule has 1 fully saturated rings. The van der Waals surface area contributed by atoms with E-state index in [1.807, 2.05) is 12.4 Å². The molecule has 2 N–H and O–H groups in total. The molecule has 0 aliphatic carbocycles. The van der Waals surface area contributed by atoms with E-state index in [4.69, 9.17) is 10.5 Å². The van der Waals surface area contributed by atoms with Crippen LogP contribution in [-0.2, 0) is 11.2 Å². The van der Waals surface area contributed by atoms with Gasteiger partial charge < -0.3 is 10.5 Å². The molecule has 0 amide bonds. The fourth-order valence-corrected chi connectivity index (χ4v) is 1.61. The van der Waals surface area contributed by atoms with Gasteiger partial charge in [-0.05, 0) is 31.4 Å². The van der Waals surface area contributed by atoms with Crippen LogP contribution < -0.4 is 5.73 Å². The van der Waals surface area contributed by atoms with Gasteiger partial charge in [0.25, 0.3) is 0 Å². The Hall–Kier alpha value is -1.00. The molecular formula is C10H15N3O. The molecule has 76 valence electrons. The predicted octanol–water partition coefficient (Wildman–Crippen LogP) is 0.829. The van der Waals surface area contributed by atoms with Gasteiger partial charge in [-0.15, -0.1) is 0 Å². The average Bonchev–Trinajstić information content (AvgIpc) is 2.72. The number of rotatable bonds is 3. The van der Waals surface area contributed by atoms with Crippen LogP contribution in [-0.4, -0.2) is 23.1 Å². The number of hydrogen-bond acceptors (Lipinski definition) is 4. The lowest BCUT2D eigenvalue weighted by atomic mass is 10.2. The van der Waals surface area contributed by atoms with Gasteiger partial charge in [-0.25, -0.2) is 9.97 Å². The molecule has 14 heavy (non-hydrogen) atoms. The van der Waals surface area contributed by atoms with Crippen molar-refractivity contribution in [3.8, 4) is 0 Å². The smallest absolute Gasteiger partial charge is 0.157 e. The summed E-state index contributed by atoms with van der Waals surface area (Å²) < 4.78 is 5.49. The Balaban J connectivity index is 2.05. The standard InChI is InChI=1S/C10H15N3O/c11-4-3-8-6-12-10(13-7-8)9-2-1-5-14-9/h6-7,9H,1-5,11H2. The molecule has 1 aromatic rings. The third kappa shape index (κ3) is 2.08. The van der Waals surface area contributed by atoms with Crippen LogP contribution >= 0.6 is 0 Å². The van der Waals surface area contributed by atoms with Gasteiger partial charge in [-0.1, -0.05) is 0 Å². The number of hydrogen-bond donors (Lipinski definition) is 1. The highest BCUT2D eigenvalue weighted by Gasteiger charge is 2.19. The maximum absolute atomic E-state index is 5.49. The zero-order chi connectivity index (χ0) is 9.80. The Labute approximate surface area is 83.5 Å². The molecule has 0 saturated carbocycles. The summed E-state index contributed by atoms with van der Waals surface area (Å²) in [5.74, 6) is 0.809. The molecule has 0 aromatic carbocycles. The van der Waals surface area contributed by atoms with E-state index in [0.717, 1.165) is 37.3 Å². The van der Waals surface area contributed by atoms with Crippen LogP contribution in [0.2, 0.25) is 0 Å². The molecule has 1 saturated heterocycles. The SMILES string of the molecule is NCCc1cnc(C2CCCO2)nc1. The second-order valence-corrected chi connectivity index (χ2v) is 3.49. The summed E-state index contributed by atoms with van der Waals surface area (Å²) in [7, 11) is 0. The van der Waals surface area contributed by atoms with Crippen LogP contribution in [0.15, 0.2) is 12.4 Å². The van der Waals surface area contributed by atoms with E-state index >= 15 is 0 Å². The van der Waals surface area contributed by atoms with E-state index in [1.54, 1.807) is 0 Å². The zero-order valence-corrected chi connectivity index (χ0v) is 8.15. The third-order valence-electron chi connectivity index (χ3n) is 2.38. The Morgan fingerprint density at radius 1 is 1.43 bits per heavy atom. The summed E-state index contributed by atoms with van der Waals surface area (Å²) in [6.45, 7) is 1.47. The van der Waals surface area contributed by atoms with Crippen LogP contribution in [0.3, 0.4) is 0 Å². The Morgan fingerprint density at radius 2 is 2.21 bits per heavy atom. The fourth-order valence-electron chi connectivity index (χ4n) is 1.61. The van der Waals surface area contributed by atoms with Gasteiger partial charge in [0.2, 0.25) is 0 Å². The summed E-state index contributed by atoms with van der Waals surface area (Å²) in [4.78, 5) is 8.58. The summed E-state index contributed by atoms with van der Waals surface area (Å²) >= 11 is 0. The fraction of sp³-hybridized carbons (Fsp3) is 0.600. The van der Waals surface area contributed by atoms with Crippen LogP contribution in [0.5, 0.6) is 0 Å². The predicted molar refractivity (Wildman–Crippen MR) is 52.7 cm³/mol. The summed E-state index contributed by atoms with van der Waals surface area (Å²) in [6.07, 6.45) is 6.79. The molecule has 1 aliphatic rings. The Bertz CT molecular complexity index is 280. The van der Waals surface area contributed by atoms with Crippen molar-refractivity contribution in [1.82, 2.24) is 9.97 Å². The topological polar surface area (TPSA) is 61.0 Å². The summed E-state index contributed by atoms with van der Waals surface area (Å²) in [5, 5.41) is 0. The molecule has 4 nitrogen and oxygen atoms in total. The maximum atomic E-state index is 5.49. The van der Waals surface area contributed by atoms with Crippen molar-refractivity contribution in [2.75, 3.05) is 13.2 Å². The van der Waals surface area contributed by atoms with Crippen molar-refractivity contribution in [3.05, 3.63) is 23.8 Å². The normalized spacial score (nSPS) is 21.4. The van der Waals surface area contributed by atoms with Gasteiger partial charge in [0, 0.05) is 19.0 Å². The number of ether oxygens (including phenoxy) is 1. The summed E-state index contributed by atoms with van der Waals surface area (Å²) in [5.41, 5.74) is 6.53. The van der Waals surface area contributed by atoms with E-state index in [1.165, 1.54) is 0 Å². The third-order valence-corrected chi connectivity index (χ3v) is 2.38. The molecule has 4 heteroatoms. The molecule has 1 atom stereocenters. The van der Waals surface area contributed by atoms with Gasteiger partial charge >= 0.3 is 0 Å². The molecule has 1 aliphatic heterocycles. The lowest BCUT2D eigenvalue weighted by Gasteiger charge is -2.07. The maximum Gasteiger partial charge on any atom is 0.157 e. The minimum atomic E-state index is 0.113. The van der Waals surface area contributed by atoms with E-state index in [2.05, 4.69) is 9.97 Å². The molecule has 2 rings (SSSR count). The van der Waals surface area contributed by atoms with Crippen molar-refractivity contribution >= 4 is 0 Å². The van der Waals surface area contributed by atoms with E-state index in [9.17, 15) is 0 Å². The Kier molecular flexibility index (Phi) is 3.06. The van der Waals surface area contributed by atoms with Gasteiger partial charge in [0.1, 0.15) is 6.10 Å². The van der Waals surface area contributed by atoms with Crippen LogP contribution in [0, 0.1) is 0 Å². The van der Waals surface area contributed by atoms with E-state index < -0.39 is 0 Å². The first-order valence-corrected chi connectivity index (χ1v) is 5.02. The highest BCUT2D eigenvalue weighted by Crippen LogP contribution is 2.25. The number of aromatic nitrogens is 2. The zero-order valence-electron chi connectivity index (χ0n) is 8.15.